The summed E-state index contributed by atoms with van der Waals surface area (Å²) in [5, 5.41) is 3.19. The lowest BCUT2D eigenvalue weighted by Gasteiger charge is -2.34. The standard InChI is InChI=1S/C22H33N3O3S/c1-17-5-2-3-8-21(17)23-22(26)16-24-11-13-25(14-12-24)29(27,28)20-10-9-18-6-4-7-19(18)15-20/h9-10,15,17,21H,2-8,11-14,16H2,1H3,(H,23,26)/t17-,21+/m0/s1. The summed E-state index contributed by atoms with van der Waals surface area (Å²) < 4.78 is 27.7. The van der Waals surface area contributed by atoms with E-state index in [1.54, 1.807) is 10.4 Å². The van der Waals surface area contributed by atoms with E-state index in [9.17, 15) is 13.2 Å². The molecule has 7 heteroatoms. The zero-order valence-electron chi connectivity index (χ0n) is 17.4. The van der Waals surface area contributed by atoms with Crippen LogP contribution in [0.1, 0.15) is 50.2 Å². The molecular formula is C22H33N3O3S. The lowest BCUT2D eigenvalue weighted by atomic mass is 9.86. The van der Waals surface area contributed by atoms with E-state index in [1.165, 1.54) is 30.4 Å². The Morgan fingerprint density at radius 3 is 2.52 bits per heavy atom. The maximum atomic E-state index is 13.0. The van der Waals surface area contributed by atoms with Crippen LogP contribution in [-0.4, -0.2) is 62.3 Å². The molecule has 2 fully saturated rings. The molecule has 0 radical (unpaired) electrons. The number of piperazine rings is 1. The SMILES string of the molecule is C[C@H]1CCCC[C@H]1NC(=O)CN1CCN(S(=O)(=O)c2ccc3c(c2)CCC3)CC1. The molecule has 1 saturated heterocycles. The van der Waals surface area contributed by atoms with E-state index in [4.69, 9.17) is 0 Å². The van der Waals surface area contributed by atoms with E-state index in [0.717, 1.165) is 25.7 Å². The van der Waals surface area contributed by atoms with E-state index in [0.29, 0.717) is 43.5 Å². The predicted molar refractivity (Wildman–Crippen MR) is 113 cm³/mol. The fourth-order valence-corrected chi connectivity index (χ4v) is 6.45. The van der Waals surface area contributed by atoms with Crippen molar-refractivity contribution >= 4 is 15.9 Å². The maximum absolute atomic E-state index is 13.0. The van der Waals surface area contributed by atoms with Gasteiger partial charge in [0.1, 0.15) is 0 Å². The molecule has 0 spiro atoms. The molecule has 1 aromatic rings. The summed E-state index contributed by atoms with van der Waals surface area (Å²) in [7, 11) is -3.46. The fraction of sp³-hybridized carbons (Fsp3) is 0.682. The molecule has 160 valence electrons. The second kappa shape index (κ2) is 8.74. The van der Waals surface area contributed by atoms with Crippen molar-refractivity contribution in [3.05, 3.63) is 29.3 Å². The Labute approximate surface area is 174 Å². The highest BCUT2D eigenvalue weighted by atomic mass is 32.2. The summed E-state index contributed by atoms with van der Waals surface area (Å²) >= 11 is 0. The zero-order valence-corrected chi connectivity index (χ0v) is 18.2. The highest BCUT2D eigenvalue weighted by molar-refractivity contribution is 7.89. The van der Waals surface area contributed by atoms with Gasteiger partial charge in [0.2, 0.25) is 15.9 Å². The van der Waals surface area contributed by atoms with E-state index >= 15 is 0 Å². The molecule has 0 bridgehead atoms. The molecule has 6 nitrogen and oxygen atoms in total. The Balaban J connectivity index is 1.30. The number of benzene rings is 1. The van der Waals surface area contributed by atoms with Gasteiger partial charge in [-0.3, -0.25) is 9.69 Å². The number of aryl methyl sites for hydroxylation is 2. The second-order valence-corrected chi connectivity index (χ2v) is 10.8. The van der Waals surface area contributed by atoms with E-state index in [1.807, 2.05) is 12.1 Å². The lowest BCUT2D eigenvalue weighted by molar-refractivity contribution is -0.123. The molecule has 1 heterocycles. The van der Waals surface area contributed by atoms with Crippen molar-refractivity contribution in [2.24, 2.45) is 5.92 Å². The first-order chi connectivity index (χ1) is 13.9. The smallest absolute Gasteiger partial charge is 0.243 e. The van der Waals surface area contributed by atoms with Crippen LogP contribution in [-0.2, 0) is 27.7 Å². The molecule has 1 N–H and O–H groups in total. The molecule has 2 aliphatic carbocycles. The van der Waals surface area contributed by atoms with E-state index in [2.05, 4.69) is 17.1 Å². The third kappa shape index (κ3) is 4.67. The van der Waals surface area contributed by atoms with Gasteiger partial charge in [-0.2, -0.15) is 4.31 Å². The zero-order chi connectivity index (χ0) is 20.4. The van der Waals surface area contributed by atoms with Gasteiger partial charge in [-0.05, 0) is 61.3 Å². The van der Waals surface area contributed by atoms with Gasteiger partial charge in [-0.25, -0.2) is 8.42 Å². The van der Waals surface area contributed by atoms with E-state index in [-0.39, 0.29) is 11.9 Å². The van der Waals surface area contributed by atoms with Crippen LogP contribution >= 0.6 is 0 Å². The normalized spacial score (nSPS) is 26.2. The highest BCUT2D eigenvalue weighted by Crippen LogP contribution is 2.27. The Kier molecular flexibility index (Phi) is 6.27. The van der Waals surface area contributed by atoms with Crippen molar-refractivity contribution in [3.63, 3.8) is 0 Å². The number of sulfonamides is 1. The fourth-order valence-electron chi connectivity index (χ4n) is 4.97. The number of carbonyl (C=O) groups excluding carboxylic acids is 1. The van der Waals surface area contributed by atoms with Gasteiger partial charge in [-0.15, -0.1) is 0 Å². The molecule has 2 atom stereocenters. The first kappa shape index (κ1) is 20.8. The molecule has 0 unspecified atom stereocenters. The molecular weight excluding hydrogens is 386 g/mol. The predicted octanol–water partition coefficient (Wildman–Crippen LogP) is 2.18. The minimum absolute atomic E-state index is 0.0682. The van der Waals surface area contributed by atoms with Crippen LogP contribution in [0.2, 0.25) is 0 Å². The molecule has 29 heavy (non-hydrogen) atoms. The van der Waals surface area contributed by atoms with Crippen LogP contribution in [0.15, 0.2) is 23.1 Å². The van der Waals surface area contributed by atoms with Gasteiger partial charge >= 0.3 is 0 Å². The molecule has 1 aliphatic heterocycles. The van der Waals surface area contributed by atoms with Crippen molar-refractivity contribution in [2.45, 2.75) is 62.8 Å². The molecule has 1 aromatic carbocycles. The van der Waals surface area contributed by atoms with Gasteiger partial charge in [0.25, 0.3) is 0 Å². The van der Waals surface area contributed by atoms with Crippen molar-refractivity contribution < 1.29 is 13.2 Å². The Bertz CT molecular complexity index is 847. The second-order valence-electron chi connectivity index (χ2n) is 8.90. The molecule has 1 amide bonds. The van der Waals surface area contributed by atoms with Crippen LogP contribution in [0.5, 0.6) is 0 Å². The number of carbonyl (C=O) groups is 1. The van der Waals surface area contributed by atoms with Gasteiger partial charge in [-0.1, -0.05) is 25.8 Å². The van der Waals surface area contributed by atoms with Crippen molar-refractivity contribution in [1.82, 2.24) is 14.5 Å². The minimum Gasteiger partial charge on any atom is -0.352 e. The van der Waals surface area contributed by atoms with Gasteiger partial charge in [0.15, 0.2) is 0 Å². The summed E-state index contributed by atoms with van der Waals surface area (Å²) in [5.41, 5.74) is 2.46. The maximum Gasteiger partial charge on any atom is 0.243 e. The molecule has 4 rings (SSSR count). The minimum atomic E-state index is -3.46. The monoisotopic (exact) mass is 419 g/mol. The Hall–Kier alpha value is -1.44. The summed E-state index contributed by atoms with van der Waals surface area (Å²) in [6, 6.07) is 5.88. The average molecular weight is 420 g/mol. The largest absolute Gasteiger partial charge is 0.352 e. The molecule has 1 saturated carbocycles. The third-order valence-corrected chi connectivity index (χ3v) is 8.76. The molecule has 3 aliphatic rings. The number of rotatable bonds is 5. The van der Waals surface area contributed by atoms with Crippen molar-refractivity contribution in [3.8, 4) is 0 Å². The first-order valence-electron chi connectivity index (χ1n) is 11.1. The number of nitrogens with one attached hydrogen (secondary N) is 1. The van der Waals surface area contributed by atoms with Crippen LogP contribution < -0.4 is 5.32 Å². The lowest BCUT2D eigenvalue weighted by Crippen LogP contribution is -2.52. The first-order valence-corrected chi connectivity index (χ1v) is 12.5. The van der Waals surface area contributed by atoms with Gasteiger partial charge in [0.05, 0.1) is 11.4 Å². The van der Waals surface area contributed by atoms with Crippen molar-refractivity contribution in [1.29, 1.82) is 0 Å². The summed E-state index contributed by atoms with van der Waals surface area (Å²) in [5.74, 6) is 0.612. The van der Waals surface area contributed by atoms with Gasteiger partial charge in [0, 0.05) is 32.2 Å². The topological polar surface area (TPSA) is 69.7 Å². The highest BCUT2D eigenvalue weighted by Gasteiger charge is 2.30. The number of nitrogens with zero attached hydrogens (tertiary/aromatic N) is 2. The number of amides is 1. The quantitative estimate of drug-likeness (QED) is 0.794. The Morgan fingerprint density at radius 1 is 1.03 bits per heavy atom. The van der Waals surface area contributed by atoms with Crippen LogP contribution in [0, 0.1) is 5.92 Å². The average Bonchev–Trinajstić information content (AvgIpc) is 3.18. The third-order valence-electron chi connectivity index (χ3n) is 6.86. The summed E-state index contributed by atoms with van der Waals surface area (Å²) in [4.78, 5) is 14.9. The van der Waals surface area contributed by atoms with Crippen LogP contribution in [0.3, 0.4) is 0 Å². The van der Waals surface area contributed by atoms with E-state index < -0.39 is 10.0 Å². The Morgan fingerprint density at radius 2 is 1.76 bits per heavy atom. The number of hydrogen-bond acceptors (Lipinski definition) is 4. The number of fused-ring (bicyclic) bond motifs is 1. The van der Waals surface area contributed by atoms with Gasteiger partial charge < -0.3 is 5.32 Å². The van der Waals surface area contributed by atoms with Crippen LogP contribution in [0.4, 0.5) is 0 Å². The number of hydrogen-bond donors (Lipinski definition) is 1. The molecule has 0 aromatic heterocycles. The summed E-state index contributed by atoms with van der Waals surface area (Å²) in [6.07, 6.45) is 7.84. The van der Waals surface area contributed by atoms with Crippen LogP contribution in [0.25, 0.3) is 0 Å². The van der Waals surface area contributed by atoms with Crippen molar-refractivity contribution in [2.75, 3.05) is 32.7 Å². The summed E-state index contributed by atoms with van der Waals surface area (Å²) in [6.45, 7) is 4.64.